The van der Waals surface area contributed by atoms with E-state index in [1.807, 2.05) is 0 Å². The molecule has 2 heterocycles. The number of nitrogens with one attached hydrogen (secondary N) is 1. The Labute approximate surface area is 170 Å². The molecule has 1 amide bonds. The number of rotatable bonds is 5. The van der Waals surface area contributed by atoms with Crippen molar-refractivity contribution < 1.29 is 4.79 Å². The fraction of sp³-hybridized carbons (Fsp3) is 0.333. The maximum absolute atomic E-state index is 12.3. The van der Waals surface area contributed by atoms with Gasteiger partial charge in [-0.2, -0.15) is 5.26 Å². The maximum atomic E-state index is 12.3. The minimum atomic E-state index is -0.126. The molecule has 0 radical (unpaired) electrons. The predicted molar refractivity (Wildman–Crippen MR) is 109 cm³/mol. The number of hydrogen-bond acceptors (Lipinski definition) is 5. The van der Waals surface area contributed by atoms with Crippen molar-refractivity contribution in [1.29, 1.82) is 5.26 Å². The first-order chi connectivity index (χ1) is 12.5. The van der Waals surface area contributed by atoms with Crippen molar-refractivity contribution in [3.63, 3.8) is 0 Å². The molecule has 3 rings (SSSR count). The molecule has 0 aliphatic carbocycles. The van der Waals surface area contributed by atoms with Gasteiger partial charge in [-0.25, -0.2) is 0 Å². The smallest absolute Gasteiger partial charge is 0.238 e. The average Bonchev–Trinajstić information content (AvgIpc) is 3.02. The number of anilines is 1. The van der Waals surface area contributed by atoms with Crippen LogP contribution in [0.3, 0.4) is 0 Å². The standard InChI is InChI=1S/C18H18BrClN4OS/c19-17-4-3-15(26-17)11-23-5-7-24(8-6-23)12-18(25)22-16-9-14(20)2-1-13(16)10-21/h1-4,9H,5-8,11-12H2,(H,22,25). The Morgan fingerprint density at radius 3 is 2.62 bits per heavy atom. The highest BCUT2D eigenvalue weighted by Gasteiger charge is 2.20. The van der Waals surface area contributed by atoms with Gasteiger partial charge in [0.15, 0.2) is 0 Å². The SMILES string of the molecule is N#Cc1ccc(Cl)cc1NC(=O)CN1CCN(Cc2ccc(Br)s2)CC1. The summed E-state index contributed by atoms with van der Waals surface area (Å²) in [5, 5.41) is 12.4. The lowest BCUT2D eigenvalue weighted by molar-refractivity contribution is -0.117. The van der Waals surface area contributed by atoms with E-state index in [1.165, 1.54) is 4.88 Å². The summed E-state index contributed by atoms with van der Waals surface area (Å²) in [6.07, 6.45) is 0. The first-order valence-electron chi connectivity index (χ1n) is 8.22. The van der Waals surface area contributed by atoms with Crippen LogP contribution < -0.4 is 5.32 Å². The van der Waals surface area contributed by atoms with Gasteiger partial charge in [0.25, 0.3) is 0 Å². The molecule has 1 saturated heterocycles. The highest BCUT2D eigenvalue weighted by Crippen LogP contribution is 2.24. The number of thiophene rings is 1. The van der Waals surface area contributed by atoms with Crippen LogP contribution in [0.5, 0.6) is 0 Å². The summed E-state index contributed by atoms with van der Waals surface area (Å²) >= 11 is 11.2. The second kappa shape index (κ2) is 8.98. The Morgan fingerprint density at radius 1 is 1.23 bits per heavy atom. The van der Waals surface area contributed by atoms with Gasteiger partial charge in [0.2, 0.25) is 5.91 Å². The molecule has 0 saturated carbocycles. The predicted octanol–water partition coefficient (Wildman–Crippen LogP) is 3.79. The van der Waals surface area contributed by atoms with E-state index in [0.29, 0.717) is 22.8 Å². The number of nitrogens with zero attached hydrogens (tertiary/aromatic N) is 3. The van der Waals surface area contributed by atoms with Crippen molar-refractivity contribution in [2.24, 2.45) is 0 Å². The Kier molecular flexibility index (Phi) is 6.68. The molecule has 1 fully saturated rings. The monoisotopic (exact) mass is 452 g/mol. The Hall–Kier alpha value is -1.43. The Morgan fingerprint density at radius 2 is 1.96 bits per heavy atom. The van der Waals surface area contributed by atoms with Crippen LogP contribution in [0.25, 0.3) is 0 Å². The van der Waals surface area contributed by atoms with Gasteiger partial charge < -0.3 is 5.32 Å². The lowest BCUT2D eigenvalue weighted by Gasteiger charge is -2.34. The molecule has 1 aliphatic rings. The second-order valence-corrected chi connectivity index (χ2v) is 9.09. The van der Waals surface area contributed by atoms with Gasteiger partial charge in [-0.1, -0.05) is 11.6 Å². The van der Waals surface area contributed by atoms with Gasteiger partial charge in [-0.3, -0.25) is 14.6 Å². The van der Waals surface area contributed by atoms with Crippen molar-refractivity contribution in [2.45, 2.75) is 6.54 Å². The Balaban J connectivity index is 1.48. The van der Waals surface area contributed by atoms with Crippen molar-refractivity contribution in [1.82, 2.24) is 9.80 Å². The lowest BCUT2D eigenvalue weighted by Crippen LogP contribution is -2.48. The van der Waals surface area contributed by atoms with Crippen LogP contribution in [0.4, 0.5) is 5.69 Å². The molecule has 1 aromatic heterocycles. The molecule has 0 atom stereocenters. The third-order valence-corrected chi connectivity index (χ3v) is 6.06. The molecule has 2 aromatic rings. The van der Waals surface area contributed by atoms with E-state index >= 15 is 0 Å². The molecule has 0 bridgehead atoms. The van der Waals surface area contributed by atoms with Crippen LogP contribution in [-0.2, 0) is 11.3 Å². The van der Waals surface area contributed by atoms with Gasteiger partial charge in [0, 0.05) is 42.6 Å². The first-order valence-corrected chi connectivity index (χ1v) is 10.2. The number of hydrogen-bond donors (Lipinski definition) is 1. The van der Waals surface area contributed by atoms with Gasteiger partial charge in [-0.05, 0) is 46.3 Å². The first kappa shape index (κ1) is 19.3. The van der Waals surface area contributed by atoms with Crippen LogP contribution in [0.2, 0.25) is 5.02 Å². The van der Waals surface area contributed by atoms with Gasteiger partial charge in [-0.15, -0.1) is 11.3 Å². The van der Waals surface area contributed by atoms with Gasteiger partial charge in [0.1, 0.15) is 6.07 Å². The van der Waals surface area contributed by atoms with E-state index in [2.05, 4.69) is 49.2 Å². The highest BCUT2D eigenvalue weighted by molar-refractivity contribution is 9.11. The zero-order valence-corrected chi connectivity index (χ0v) is 17.2. The Bertz CT molecular complexity index is 827. The number of carbonyl (C=O) groups excluding carboxylic acids is 1. The number of nitriles is 1. The third kappa shape index (κ3) is 5.29. The summed E-state index contributed by atoms with van der Waals surface area (Å²) in [5.74, 6) is -0.126. The maximum Gasteiger partial charge on any atom is 0.238 e. The molecular formula is C18H18BrClN4OS. The number of piperazine rings is 1. The van der Waals surface area contributed by atoms with Gasteiger partial charge >= 0.3 is 0 Å². The van der Waals surface area contributed by atoms with Crippen molar-refractivity contribution in [3.05, 3.63) is 49.6 Å². The molecular weight excluding hydrogens is 436 g/mol. The van der Waals surface area contributed by atoms with E-state index in [-0.39, 0.29) is 5.91 Å². The summed E-state index contributed by atoms with van der Waals surface area (Å²) in [7, 11) is 0. The fourth-order valence-corrected chi connectivity index (χ4v) is 4.57. The fourth-order valence-electron chi connectivity index (χ4n) is 2.87. The van der Waals surface area contributed by atoms with Crippen molar-refractivity contribution >= 4 is 50.5 Å². The molecule has 0 unspecified atom stereocenters. The average molecular weight is 454 g/mol. The van der Waals surface area contributed by atoms with Crippen LogP contribution in [0.15, 0.2) is 34.1 Å². The van der Waals surface area contributed by atoms with Crippen molar-refractivity contribution in [3.8, 4) is 6.07 Å². The zero-order chi connectivity index (χ0) is 18.5. The topological polar surface area (TPSA) is 59.4 Å². The van der Waals surface area contributed by atoms with E-state index in [4.69, 9.17) is 16.9 Å². The third-order valence-electron chi connectivity index (χ3n) is 4.22. The molecule has 1 aliphatic heterocycles. The van der Waals surface area contributed by atoms with E-state index in [9.17, 15) is 4.79 Å². The number of benzene rings is 1. The van der Waals surface area contributed by atoms with E-state index < -0.39 is 0 Å². The summed E-state index contributed by atoms with van der Waals surface area (Å²) in [4.78, 5) is 18.2. The van der Waals surface area contributed by atoms with Crippen LogP contribution in [0.1, 0.15) is 10.4 Å². The largest absolute Gasteiger partial charge is 0.324 e. The molecule has 0 spiro atoms. The number of carbonyl (C=O) groups is 1. The molecule has 136 valence electrons. The number of amides is 1. The normalized spacial score (nSPS) is 15.6. The summed E-state index contributed by atoms with van der Waals surface area (Å²) in [6, 6.07) is 11.1. The molecule has 1 aromatic carbocycles. The molecule has 26 heavy (non-hydrogen) atoms. The number of halogens is 2. The summed E-state index contributed by atoms with van der Waals surface area (Å²) in [6.45, 7) is 4.83. The van der Waals surface area contributed by atoms with E-state index in [0.717, 1.165) is 36.5 Å². The minimum Gasteiger partial charge on any atom is -0.324 e. The van der Waals surface area contributed by atoms with Gasteiger partial charge in [0.05, 0.1) is 21.6 Å². The zero-order valence-electron chi connectivity index (χ0n) is 14.0. The van der Waals surface area contributed by atoms with Crippen LogP contribution >= 0.6 is 38.9 Å². The van der Waals surface area contributed by atoms with E-state index in [1.54, 1.807) is 29.5 Å². The minimum absolute atomic E-state index is 0.126. The molecule has 1 N–H and O–H groups in total. The lowest BCUT2D eigenvalue weighted by atomic mass is 10.2. The highest BCUT2D eigenvalue weighted by atomic mass is 79.9. The molecule has 8 heteroatoms. The quantitative estimate of drug-likeness (QED) is 0.748. The van der Waals surface area contributed by atoms with Crippen LogP contribution in [0, 0.1) is 11.3 Å². The molecule has 5 nitrogen and oxygen atoms in total. The summed E-state index contributed by atoms with van der Waals surface area (Å²) in [5.41, 5.74) is 0.876. The second-order valence-electron chi connectivity index (χ2n) is 6.11. The van der Waals surface area contributed by atoms with Crippen LogP contribution in [-0.4, -0.2) is 48.4 Å². The van der Waals surface area contributed by atoms with Crippen molar-refractivity contribution in [2.75, 3.05) is 38.0 Å². The summed E-state index contributed by atoms with van der Waals surface area (Å²) < 4.78 is 1.15.